The lowest BCUT2D eigenvalue weighted by Crippen LogP contribution is -2.40. The topological polar surface area (TPSA) is 70.7 Å². The van der Waals surface area contributed by atoms with E-state index in [1.54, 1.807) is 0 Å². The van der Waals surface area contributed by atoms with Gasteiger partial charge in [0.25, 0.3) is 5.91 Å². The van der Waals surface area contributed by atoms with Crippen LogP contribution >= 0.6 is 0 Å². The monoisotopic (exact) mass is 340 g/mol. The lowest BCUT2D eigenvalue weighted by molar-refractivity contribution is -0.137. The van der Waals surface area contributed by atoms with Crippen LogP contribution in [0.25, 0.3) is 0 Å². The van der Waals surface area contributed by atoms with Gasteiger partial charge in [-0.25, -0.2) is 0 Å². The first-order chi connectivity index (χ1) is 11.1. The summed E-state index contributed by atoms with van der Waals surface area (Å²) in [6.45, 7) is 2.87. The summed E-state index contributed by atoms with van der Waals surface area (Å²) in [4.78, 5) is 12.3. The summed E-state index contributed by atoms with van der Waals surface area (Å²) in [5, 5.41) is 14.6. The van der Waals surface area contributed by atoms with Crippen molar-refractivity contribution < 1.29 is 22.4 Å². The molecule has 0 atom stereocenters. The van der Waals surface area contributed by atoms with E-state index < -0.39 is 34.7 Å². The minimum atomic E-state index is -4.73. The maximum atomic E-state index is 13.0. The average molecular weight is 340 g/mol. The molecule has 1 amide bonds. The molecule has 9 heteroatoms. The second kappa shape index (κ2) is 5.96. The highest BCUT2D eigenvalue weighted by molar-refractivity contribution is 5.96. The van der Waals surface area contributed by atoms with E-state index in [9.17, 15) is 22.4 Å². The maximum absolute atomic E-state index is 13.0. The molecule has 2 aromatic rings. The highest BCUT2D eigenvalue weighted by atomic mass is 19.4. The van der Waals surface area contributed by atoms with E-state index in [-0.39, 0.29) is 5.69 Å². The summed E-state index contributed by atoms with van der Waals surface area (Å²) >= 11 is 0. The van der Waals surface area contributed by atoms with Crippen molar-refractivity contribution in [3.63, 3.8) is 0 Å². The van der Waals surface area contributed by atoms with Crippen molar-refractivity contribution in [1.82, 2.24) is 9.78 Å². The first-order valence-electron chi connectivity index (χ1n) is 6.70. The Balaban J connectivity index is 2.31. The normalized spacial score (nSPS) is 11.9. The zero-order valence-corrected chi connectivity index (χ0v) is 12.6. The Bertz CT molecular complexity index is 818. The number of halogens is 4. The number of carbonyl (C=O) groups excluding carboxylic acids is 1. The molecule has 0 aliphatic heterocycles. The third-order valence-electron chi connectivity index (χ3n) is 3.39. The summed E-state index contributed by atoms with van der Waals surface area (Å²) in [7, 11) is 0. The van der Waals surface area contributed by atoms with Crippen molar-refractivity contribution in [2.75, 3.05) is 5.32 Å². The minimum absolute atomic E-state index is 0.132. The van der Waals surface area contributed by atoms with Crippen LogP contribution in [0.1, 0.15) is 25.0 Å². The molecule has 2 rings (SSSR count). The number of nitriles is 1. The molecule has 0 radical (unpaired) electrons. The lowest BCUT2D eigenvalue weighted by Gasteiger charge is -2.24. The third-order valence-corrected chi connectivity index (χ3v) is 3.39. The number of aromatic nitrogens is 2. The number of carbonyl (C=O) groups is 1. The van der Waals surface area contributed by atoms with E-state index in [1.165, 1.54) is 32.2 Å². The highest BCUT2D eigenvalue weighted by Crippen LogP contribution is 2.33. The Morgan fingerprint density at radius 3 is 2.46 bits per heavy atom. The van der Waals surface area contributed by atoms with Crippen LogP contribution in [-0.4, -0.2) is 15.7 Å². The molecule has 0 unspecified atom stereocenters. The molecule has 24 heavy (non-hydrogen) atoms. The van der Waals surface area contributed by atoms with Crippen LogP contribution in [-0.2, 0) is 16.5 Å². The summed E-state index contributed by atoms with van der Waals surface area (Å²) in [5.74, 6) is -1.47. The van der Waals surface area contributed by atoms with Gasteiger partial charge in [-0.15, -0.1) is 5.10 Å². The molecule has 5 nitrogen and oxygen atoms in total. The van der Waals surface area contributed by atoms with Crippen LogP contribution in [0.4, 0.5) is 23.2 Å². The molecule has 1 N–H and O–H groups in total. The van der Waals surface area contributed by atoms with Gasteiger partial charge in [-0.05, 0) is 32.0 Å². The molecule has 126 valence electrons. The molecule has 0 saturated carbocycles. The zero-order valence-electron chi connectivity index (χ0n) is 12.6. The standard InChI is InChI=1S/C15H12F4N4O/c1-14(2,23-6-5-12(16)22-23)13(24)21-10-4-3-9(8-20)11(7-10)15(17,18)19/h3-7H,1-2H3,(H,21,24). The molecule has 0 aliphatic carbocycles. The predicted molar refractivity (Wildman–Crippen MR) is 76.3 cm³/mol. The minimum Gasteiger partial charge on any atom is -0.324 e. The maximum Gasteiger partial charge on any atom is 0.417 e. The van der Waals surface area contributed by atoms with Gasteiger partial charge in [0.2, 0.25) is 5.95 Å². The fourth-order valence-corrected chi connectivity index (χ4v) is 1.96. The van der Waals surface area contributed by atoms with Crippen molar-refractivity contribution in [2.24, 2.45) is 0 Å². The van der Waals surface area contributed by atoms with Crippen molar-refractivity contribution in [3.8, 4) is 6.07 Å². The second-order valence-electron chi connectivity index (χ2n) is 5.47. The molecule has 1 aromatic carbocycles. The van der Waals surface area contributed by atoms with E-state index >= 15 is 0 Å². The van der Waals surface area contributed by atoms with Crippen LogP contribution in [0.5, 0.6) is 0 Å². The Hall–Kier alpha value is -2.89. The number of anilines is 1. The molecule has 1 heterocycles. The second-order valence-corrected chi connectivity index (χ2v) is 5.47. The average Bonchev–Trinajstić information content (AvgIpc) is 2.93. The Morgan fingerprint density at radius 1 is 1.29 bits per heavy atom. The third kappa shape index (κ3) is 3.37. The van der Waals surface area contributed by atoms with Gasteiger partial charge in [0.1, 0.15) is 5.54 Å². The highest BCUT2D eigenvalue weighted by Gasteiger charge is 2.35. The quantitative estimate of drug-likeness (QED) is 0.872. The number of nitrogens with one attached hydrogen (secondary N) is 1. The fraction of sp³-hybridized carbons (Fsp3) is 0.267. The summed E-state index contributed by atoms with van der Waals surface area (Å²) in [6.07, 6.45) is -3.48. The van der Waals surface area contributed by atoms with Gasteiger partial charge in [0.05, 0.1) is 17.2 Å². The van der Waals surface area contributed by atoms with Gasteiger partial charge in [0, 0.05) is 18.0 Å². The van der Waals surface area contributed by atoms with E-state index in [1.807, 2.05) is 0 Å². The van der Waals surface area contributed by atoms with Gasteiger partial charge >= 0.3 is 6.18 Å². The van der Waals surface area contributed by atoms with Crippen molar-refractivity contribution in [3.05, 3.63) is 47.5 Å². The van der Waals surface area contributed by atoms with E-state index in [2.05, 4.69) is 10.4 Å². The Labute approximate surface area is 134 Å². The number of amides is 1. The van der Waals surface area contributed by atoms with Gasteiger partial charge in [-0.2, -0.15) is 22.8 Å². The largest absolute Gasteiger partial charge is 0.417 e. The van der Waals surface area contributed by atoms with Crippen LogP contribution in [0.3, 0.4) is 0 Å². The Kier molecular flexibility index (Phi) is 4.34. The Morgan fingerprint density at radius 2 is 1.96 bits per heavy atom. The first-order valence-corrected chi connectivity index (χ1v) is 6.70. The van der Waals surface area contributed by atoms with Gasteiger partial charge in [-0.3, -0.25) is 9.48 Å². The van der Waals surface area contributed by atoms with Crippen LogP contribution < -0.4 is 5.32 Å². The van der Waals surface area contributed by atoms with E-state index in [4.69, 9.17) is 5.26 Å². The van der Waals surface area contributed by atoms with Crippen LogP contribution in [0, 0.1) is 17.3 Å². The number of alkyl halides is 3. The zero-order chi connectivity index (χ0) is 18.1. The van der Waals surface area contributed by atoms with E-state index in [0.29, 0.717) is 6.07 Å². The summed E-state index contributed by atoms with van der Waals surface area (Å²) in [6, 6.07) is 5.34. The summed E-state index contributed by atoms with van der Waals surface area (Å²) < 4.78 is 52.9. The van der Waals surface area contributed by atoms with E-state index in [0.717, 1.165) is 16.8 Å². The molecule has 0 bridgehead atoms. The van der Waals surface area contributed by atoms with Crippen LogP contribution in [0.15, 0.2) is 30.5 Å². The molecule has 0 fully saturated rings. The fourth-order valence-electron chi connectivity index (χ4n) is 1.96. The van der Waals surface area contributed by atoms with Crippen molar-refractivity contribution in [1.29, 1.82) is 5.26 Å². The summed E-state index contributed by atoms with van der Waals surface area (Å²) in [5.41, 5.74) is -3.16. The number of hydrogen-bond donors (Lipinski definition) is 1. The number of nitrogens with zero attached hydrogens (tertiary/aromatic N) is 3. The molecule has 1 aromatic heterocycles. The molecular formula is C15H12F4N4O. The predicted octanol–water partition coefficient (Wildman–Crippen LogP) is 3.29. The van der Waals surface area contributed by atoms with Gasteiger partial charge in [0.15, 0.2) is 0 Å². The van der Waals surface area contributed by atoms with Crippen molar-refractivity contribution >= 4 is 11.6 Å². The van der Waals surface area contributed by atoms with Crippen LogP contribution in [0.2, 0.25) is 0 Å². The molecule has 0 spiro atoms. The van der Waals surface area contributed by atoms with Gasteiger partial charge in [-0.1, -0.05) is 0 Å². The number of rotatable bonds is 3. The van der Waals surface area contributed by atoms with Gasteiger partial charge < -0.3 is 5.32 Å². The smallest absolute Gasteiger partial charge is 0.324 e. The first kappa shape index (κ1) is 17.5. The molecule has 0 aliphatic rings. The number of benzene rings is 1. The molecule has 0 saturated heterocycles. The number of hydrogen-bond acceptors (Lipinski definition) is 3. The SMILES string of the molecule is CC(C)(C(=O)Nc1ccc(C#N)c(C(F)(F)F)c1)n1ccc(F)n1. The van der Waals surface area contributed by atoms with Crippen molar-refractivity contribution in [2.45, 2.75) is 25.6 Å². The lowest BCUT2D eigenvalue weighted by atomic mass is 10.0. The molecular weight excluding hydrogens is 328 g/mol.